The van der Waals surface area contributed by atoms with Crippen molar-refractivity contribution in [3.8, 4) is 0 Å². The molecular weight excluding hydrogens is 220 g/mol. The summed E-state index contributed by atoms with van der Waals surface area (Å²) in [6.45, 7) is 3.85. The Bertz CT molecular complexity index is 305. The quantitative estimate of drug-likeness (QED) is 0.637. The molecule has 1 rings (SSSR count). The van der Waals surface area contributed by atoms with Gasteiger partial charge in [-0.3, -0.25) is 0 Å². The SMILES string of the molecule is CC(C)C[C@@H](NC(=O)NC1CC=CC1)C(=O)O. The maximum absolute atomic E-state index is 11.6. The molecule has 5 nitrogen and oxygen atoms in total. The van der Waals surface area contributed by atoms with E-state index in [0.717, 1.165) is 12.8 Å². The summed E-state index contributed by atoms with van der Waals surface area (Å²) in [4.78, 5) is 22.5. The van der Waals surface area contributed by atoms with Gasteiger partial charge in [0.2, 0.25) is 0 Å². The average Bonchev–Trinajstić information content (AvgIpc) is 2.68. The first-order valence-electron chi connectivity index (χ1n) is 5.94. The second-order valence-corrected chi connectivity index (χ2v) is 4.78. The number of amides is 2. The van der Waals surface area contributed by atoms with Crippen LogP contribution in [0.25, 0.3) is 0 Å². The first-order chi connectivity index (χ1) is 7.99. The van der Waals surface area contributed by atoms with Gasteiger partial charge in [-0.15, -0.1) is 0 Å². The molecule has 1 atom stereocenters. The lowest BCUT2D eigenvalue weighted by Gasteiger charge is -2.19. The number of urea groups is 1. The minimum atomic E-state index is -0.988. The van der Waals surface area contributed by atoms with Crippen LogP contribution >= 0.6 is 0 Å². The third kappa shape index (κ3) is 4.89. The van der Waals surface area contributed by atoms with E-state index in [1.54, 1.807) is 0 Å². The van der Waals surface area contributed by atoms with Crippen LogP contribution in [0.1, 0.15) is 33.1 Å². The van der Waals surface area contributed by atoms with Gasteiger partial charge in [0.25, 0.3) is 0 Å². The van der Waals surface area contributed by atoms with Crippen LogP contribution in [0.2, 0.25) is 0 Å². The molecule has 0 bridgehead atoms. The van der Waals surface area contributed by atoms with Gasteiger partial charge in [-0.1, -0.05) is 26.0 Å². The zero-order valence-electron chi connectivity index (χ0n) is 10.3. The molecule has 0 spiro atoms. The zero-order chi connectivity index (χ0) is 12.8. The summed E-state index contributed by atoms with van der Waals surface area (Å²) in [6, 6.07) is -1.11. The lowest BCUT2D eigenvalue weighted by atomic mass is 10.0. The molecule has 0 aliphatic heterocycles. The number of carbonyl (C=O) groups excluding carboxylic acids is 1. The number of carbonyl (C=O) groups is 2. The fourth-order valence-electron chi connectivity index (χ4n) is 1.81. The Labute approximate surface area is 101 Å². The molecule has 0 unspecified atom stereocenters. The van der Waals surface area contributed by atoms with Crippen molar-refractivity contribution in [1.29, 1.82) is 0 Å². The van der Waals surface area contributed by atoms with E-state index in [1.165, 1.54) is 0 Å². The summed E-state index contributed by atoms with van der Waals surface area (Å²) >= 11 is 0. The Morgan fingerprint density at radius 1 is 1.35 bits per heavy atom. The third-order valence-corrected chi connectivity index (χ3v) is 2.65. The molecule has 0 heterocycles. The predicted molar refractivity (Wildman–Crippen MR) is 64.7 cm³/mol. The van der Waals surface area contributed by atoms with Crippen LogP contribution in [-0.2, 0) is 4.79 Å². The van der Waals surface area contributed by atoms with Crippen molar-refractivity contribution in [3.05, 3.63) is 12.2 Å². The summed E-state index contributed by atoms with van der Waals surface area (Å²) < 4.78 is 0. The minimum Gasteiger partial charge on any atom is -0.480 e. The van der Waals surface area contributed by atoms with Gasteiger partial charge in [-0.25, -0.2) is 9.59 Å². The first kappa shape index (κ1) is 13.5. The lowest BCUT2D eigenvalue weighted by Crippen LogP contribution is -2.49. The molecule has 0 fully saturated rings. The number of aliphatic carboxylic acids is 1. The molecule has 2 amide bonds. The first-order valence-corrected chi connectivity index (χ1v) is 5.94. The highest BCUT2D eigenvalue weighted by Gasteiger charge is 2.22. The highest BCUT2D eigenvalue weighted by molar-refractivity contribution is 5.82. The van der Waals surface area contributed by atoms with E-state index in [0.29, 0.717) is 6.42 Å². The topological polar surface area (TPSA) is 78.4 Å². The smallest absolute Gasteiger partial charge is 0.326 e. The fraction of sp³-hybridized carbons (Fsp3) is 0.667. The largest absolute Gasteiger partial charge is 0.480 e. The van der Waals surface area contributed by atoms with Crippen LogP contribution in [-0.4, -0.2) is 29.2 Å². The maximum Gasteiger partial charge on any atom is 0.326 e. The molecule has 17 heavy (non-hydrogen) atoms. The molecule has 0 radical (unpaired) electrons. The van der Waals surface area contributed by atoms with E-state index < -0.39 is 18.0 Å². The summed E-state index contributed by atoms with van der Waals surface area (Å²) in [7, 11) is 0. The minimum absolute atomic E-state index is 0.100. The second-order valence-electron chi connectivity index (χ2n) is 4.78. The highest BCUT2D eigenvalue weighted by Crippen LogP contribution is 2.09. The Hall–Kier alpha value is -1.52. The molecule has 96 valence electrons. The van der Waals surface area contributed by atoms with Crippen molar-refractivity contribution >= 4 is 12.0 Å². The summed E-state index contributed by atoms with van der Waals surface area (Å²) in [6.07, 6.45) is 6.08. The molecule has 1 aliphatic carbocycles. The second kappa shape index (κ2) is 6.27. The number of carboxylic acid groups (broad SMARTS) is 1. The molecule has 5 heteroatoms. The van der Waals surface area contributed by atoms with Crippen LogP contribution in [0, 0.1) is 5.92 Å². The molecule has 0 saturated carbocycles. The summed E-state index contributed by atoms with van der Waals surface area (Å²) in [5, 5.41) is 14.2. The van der Waals surface area contributed by atoms with Crippen molar-refractivity contribution in [2.45, 2.75) is 45.2 Å². The average molecular weight is 240 g/mol. The van der Waals surface area contributed by atoms with Crippen LogP contribution < -0.4 is 10.6 Å². The Balaban J connectivity index is 2.37. The van der Waals surface area contributed by atoms with Gasteiger partial charge in [-0.05, 0) is 25.2 Å². The fourth-order valence-corrected chi connectivity index (χ4v) is 1.81. The van der Waals surface area contributed by atoms with E-state index in [4.69, 9.17) is 5.11 Å². The monoisotopic (exact) mass is 240 g/mol. The Morgan fingerprint density at radius 3 is 2.41 bits per heavy atom. The van der Waals surface area contributed by atoms with Crippen LogP contribution in [0.4, 0.5) is 4.79 Å². The molecule has 0 aromatic rings. The van der Waals surface area contributed by atoms with Gasteiger partial charge in [0.05, 0.1) is 0 Å². The van der Waals surface area contributed by atoms with E-state index >= 15 is 0 Å². The maximum atomic E-state index is 11.6. The van der Waals surface area contributed by atoms with E-state index in [2.05, 4.69) is 10.6 Å². The zero-order valence-corrected chi connectivity index (χ0v) is 10.3. The number of nitrogens with one attached hydrogen (secondary N) is 2. The molecule has 0 saturated heterocycles. The van der Waals surface area contributed by atoms with E-state index in [1.807, 2.05) is 26.0 Å². The standard InChI is InChI=1S/C12H20N2O3/c1-8(2)7-10(11(15)16)14-12(17)13-9-5-3-4-6-9/h3-4,8-10H,5-7H2,1-2H3,(H,15,16)(H2,13,14,17)/t10-/m1/s1. The summed E-state index contributed by atoms with van der Waals surface area (Å²) in [5.41, 5.74) is 0. The van der Waals surface area contributed by atoms with Gasteiger partial charge in [0, 0.05) is 6.04 Å². The van der Waals surface area contributed by atoms with Crippen LogP contribution in [0.5, 0.6) is 0 Å². The van der Waals surface area contributed by atoms with Gasteiger partial charge in [0.1, 0.15) is 6.04 Å². The van der Waals surface area contributed by atoms with Crippen molar-refractivity contribution < 1.29 is 14.7 Å². The van der Waals surface area contributed by atoms with Crippen molar-refractivity contribution in [1.82, 2.24) is 10.6 Å². The van der Waals surface area contributed by atoms with Crippen LogP contribution in [0.3, 0.4) is 0 Å². The molecular formula is C12H20N2O3. The predicted octanol–water partition coefficient (Wildman–Crippen LogP) is 1.50. The van der Waals surface area contributed by atoms with Crippen molar-refractivity contribution in [2.24, 2.45) is 5.92 Å². The van der Waals surface area contributed by atoms with Gasteiger partial charge in [-0.2, -0.15) is 0 Å². The Morgan fingerprint density at radius 2 is 1.94 bits per heavy atom. The Kier molecular flexibility index (Phi) is 5.00. The third-order valence-electron chi connectivity index (χ3n) is 2.65. The lowest BCUT2D eigenvalue weighted by molar-refractivity contribution is -0.139. The molecule has 1 aliphatic rings. The number of rotatable bonds is 5. The van der Waals surface area contributed by atoms with Gasteiger partial charge >= 0.3 is 12.0 Å². The molecule has 3 N–H and O–H groups in total. The number of hydrogen-bond acceptors (Lipinski definition) is 2. The van der Waals surface area contributed by atoms with Crippen LogP contribution in [0.15, 0.2) is 12.2 Å². The van der Waals surface area contributed by atoms with Gasteiger partial charge < -0.3 is 15.7 Å². The normalized spacial score (nSPS) is 17.1. The molecule has 0 aromatic heterocycles. The van der Waals surface area contributed by atoms with Gasteiger partial charge in [0.15, 0.2) is 0 Å². The van der Waals surface area contributed by atoms with Crippen molar-refractivity contribution in [3.63, 3.8) is 0 Å². The van der Waals surface area contributed by atoms with E-state index in [-0.39, 0.29) is 12.0 Å². The van der Waals surface area contributed by atoms with Crippen molar-refractivity contribution in [2.75, 3.05) is 0 Å². The number of hydrogen-bond donors (Lipinski definition) is 3. The number of carboxylic acids is 1. The summed E-state index contributed by atoms with van der Waals surface area (Å²) in [5.74, 6) is -0.761. The highest BCUT2D eigenvalue weighted by atomic mass is 16.4. The van der Waals surface area contributed by atoms with E-state index in [9.17, 15) is 9.59 Å². The molecule has 0 aromatic carbocycles.